The largest absolute Gasteiger partial charge is 0.467 e. The van der Waals surface area contributed by atoms with Gasteiger partial charge in [-0.15, -0.1) is 11.8 Å². The van der Waals surface area contributed by atoms with Crippen LogP contribution < -0.4 is 5.32 Å². The SMILES string of the molecule is COC(=O)[C@H](CC(C)C)NC(=O)C1CSC(C)(C)N1C=O. The molecule has 0 aliphatic carbocycles. The van der Waals surface area contributed by atoms with Crippen molar-refractivity contribution in [2.45, 2.75) is 51.1 Å². The standard InChI is InChI=1S/C14H24N2O4S/c1-9(2)6-10(13(19)20-5)15-12(18)11-7-21-14(3,4)16(11)8-17/h8-11H,6-7H2,1-5H3,(H,15,18)/t10-,11?/m0/s1. The minimum Gasteiger partial charge on any atom is -0.467 e. The number of thioether (sulfide) groups is 1. The molecule has 2 atom stereocenters. The summed E-state index contributed by atoms with van der Waals surface area (Å²) in [5.41, 5.74) is 0. The van der Waals surface area contributed by atoms with Gasteiger partial charge in [0.05, 0.1) is 12.0 Å². The third kappa shape index (κ3) is 4.36. The van der Waals surface area contributed by atoms with Gasteiger partial charge in [0.25, 0.3) is 0 Å². The molecule has 7 heteroatoms. The fraction of sp³-hybridized carbons (Fsp3) is 0.786. The molecule has 6 nitrogen and oxygen atoms in total. The summed E-state index contributed by atoms with van der Waals surface area (Å²) in [6.45, 7) is 7.72. The van der Waals surface area contributed by atoms with Crippen molar-refractivity contribution in [3.05, 3.63) is 0 Å². The van der Waals surface area contributed by atoms with Gasteiger partial charge in [0.15, 0.2) is 0 Å². The lowest BCUT2D eigenvalue weighted by molar-refractivity contribution is -0.146. The number of carbonyl (C=O) groups is 3. The number of hydrogen-bond donors (Lipinski definition) is 1. The monoisotopic (exact) mass is 316 g/mol. The Balaban J connectivity index is 2.78. The first kappa shape index (κ1) is 17.8. The molecule has 0 aromatic rings. The summed E-state index contributed by atoms with van der Waals surface area (Å²) in [7, 11) is 1.30. The molecule has 1 N–H and O–H groups in total. The summed E-state index contributed by atoms with van der Waals surface area (Å²) in [5, 5.41) is 2.72. The van der Waals surface area contributed by atoms with E-state index in [0.29, 0.717) is 18.6 Å². The zero-order valence-electron chi connectivity index (χ0n) is 13.2. The van der Waals surface area contributed by atoms with Crippen molar-refractivity contribution in [1.29, 1.82) is 0 Å². The summed E-state index contributed by atoms with van der Waals surface area (Å²) >= 11 is 1.54. The minimum absolute atomic E-state index is 0.242. The van der Waals surface area contributed by atoms with E-state index in [2.05, 4.69) is 5.32 Å². The summed E-state index contributed by atoms with van der Waals surface area (Å²) in [6, 6.07) is -1.23. The highest BCUT2D eigenvalue weighted by Gasteiger charge is 2.43. The van der Waals surface area contributed by atoms with Crippen LogP contribution >= 0.6 is 11.8 Å². The molecule has 1 aliphatic rings. The lowest BCUT2D eigenvalue weighted by Crippen LogP contribution is -2.53. The first-order valence-corrected chi connectivity index (χ1v) is 7.97. The second-order valence-corrected chi connectivity index (χ2v) is 7.62. The van der Waals surface area contributed by atoms with Crippen molar-refractivity contribution in [3.63, 3.8) is 0 Å². The molecule has 120 valence electrons. The first-order valence-electron chi connectivity index (χ1n) is 6.98. The molecule has 0 radical (unpaired) electrons. The van der Waals surface area contributed by atoms with Crippen LogP contribution in [0, 0.1) is 5.92 Å². The van der Waals surface area contributed by atoms with Crippen LogP contribution in [0.15, 0.2) is 0 Å². The van der Waals surface area contributed by atoms with E-state index in [1.165, 1.54) is 12.0 Å². The number of rotatable bonds is 6. The molecule has 21 heavy (non-hydrogen) atoms. The predicted octanol–water partition coefficient (Wildman–Crippen LogP) is 1.00. The molecule has 0 spiro atoms. The van der Waals surface area contributed by atoms with Gasteiger partial charge in [-0.2, -0.15) is 0 Å². The van der Waals surface area contributed by atoms with Crippen LogP contribution in [0.25, 0.3) is 0 Å². The zero-order valence-corrected chi connectivity index (χ0v) is 14.0. The van der Waals surface area contributed by atoms with Gasteiger partial charge in [0.2, 0.25) is 12.3 Å². The first-order chi connectivity index (χ1) is 9.72. The summed E-state index contributed by atoms with van der Waals surface area (Å²) in [6.07, 6.45) is 1.20. The van der Waals surface area contributed by atoms with E-state index in [0.717, 1.165) is 0 Å². The third-order valence-corrected chi connectivity index (χ3v) is 4.88. The Morgan fingerprint density at radius 2 is 2.10 bits per heavy atom. The Labute approximate surface area is 130 Å². The fourth-order valence-corrected chi connectivity index (χ4v) is 3.51. The van der Waals surface area contributed by atoms with Crippen LogP contribution in [0.2, 0.25) is 0 Å². The van der Waals surface area contributed by atoms with E-state index >= 15 is 0 Å². The maximum absolute atomic E-state index is 12.4. The molecule has 1 rings (SSSR count). The minimum atomic E-state index is -0.676. The van der Waals surface area contributed by atoms with E-state index in [-0.39, 0.29) is 11.8 Å². The Hall–Kier alpha value is -1.24. The quantitative estimate of drug-likeness (QED) is 0.584. The van der Waals surface area contributed by atoms with Gasteiger partial charge < -0.3 is 15.0 Å². The van der Waals surface area contributed by atoms with Crippen LogP contribution in [0.4, 0.5) is 0 Å². The molecule has 2 amide bonds. The summed E-state index contributed by atoms with van der Waals surface area (Å²) in [4.78, 5) is 36.4. The highest BCUT2D eigenvalue weighted by molar-refractivity contribution is 8.00. The van der Waals surface area contributed by atoms with E-state index in [1.807, 2.05) is 27.7 Å². The van der Waals surface area contributed by atoms with Crippen LogP contribution in [0.3, 0.4) is 0 Å². The number of nitrogens with one attached hydrogen (secondary N) is 1. The molecule has 1 aliphatic heterocycles. The molecule has 1 fully saturated rings. The Kier molecular flexibility index (Phi) is 6.07. The van der Waals surface area contributed by atoms with Gasteiger partial charge >= 0.3 is 5.97 Å². The van der Waals surface area contributed by atoms with Crippen molar-refractivity contribution in [3.8, 4) is 0 Å². The Morgan fingerprint density at radius 3 is 2.57 bits per heavy atom. The molecule has 0 bridgehead atoms. The molecule has 0 aromatic heterocycles. The van der Waals surface area contributed by atoms with Crippen LogP contribution in [-0.2, 0) is 19.1 Å². The van der Waals surface area contributed by atoms with E-state index in [9.17, 15) is 14.4 Å². The maximum atomic E-state index is 12.4. The van der Waals surface area contributed by atoms with Gasteiger partial charge in [-0.1, -0.05) is 13.8 Å². The number of nitrogens with zero attached hydrogens (tertiary/aromatic N) is 1. The predicted molar refractivity (Wildman–Crippen MR) is 81.6 cm³/mol. The van der Waals surface area contributed by atoms with Gasteiger partial charge in [0, 0.05) is 5.75 Å². The van der Waals surface area contributed by atoms with Crippen molar-refractivity contribution in [2.75, 3.05) is 12.9 Å². The maximum Gasteiger partial charge on any atom is 0.328 e. The van der Waals surface area contributed by atoms with Gasteiger partial charge in [-0.25, -0.2) is 4.79 Å². The molecule has 1 saturated heterocycles. The number of hydrogen-bond acceptors (Lipinski definition) is 5. The van der Waals surface area contributed by atoms with E-state index < -0.39 is 22.9 Å². The number of methoxy groups -OCH3 is 1. The topological polar surface area (TPSA) is 75.7 Å². The van der Waals surface area contributed by atoms with Gasteiger partial charge in [-0.05, 0) is 26.2 Å². The normalized spacial score (nSPS) is 22.0. The number of ether oxygens (including phenoxy) is 1. The van der Waals surface area contributed by atoms with Crippen LogP contribution in [0.5, 0.6) is 0 Å². The average Bonchev–Trinajstić information content (AvgIpc) is 2.71. The Morgan fingerprint density at radius 1 is 1.48 bits per heavy atom. The van der Waals surface area contributed by atoms with E-state index in [4.69, 9.17) is 4.74 Å². The lowest BCUT2D eigenvalue weighted by Gasteiger charge is -2.31. The second-order valence-electron chi connectivity index (χ2n) is 6.00. The molecule has 0 saturated carbocycles. The lowest BCUT2D eigenvalue weighted by atomic mass is 10.0. The third-order valence-electron chi connectivity index (χ3n) is 3.48. The average molecular weight is 316 g/mol. The summed E-state index contributed by atoms with van der Waals surface area (Å²) < 4.78 is 4.73. The molecular weight excluding hydrogens is 292 g/mol. The second kappa shape index (κ2) is 7.15. The van der Waals surface area contributed by atoms with Crippen LogP contribution in [-0.4, -0.2) is 53.0 Å². The zero-order chi connectivity index (χ0) is 16.2. The number of carbonyl (C=O) groups excluding carboxylic acids is 3. The Bertz CT molecular complexity index is 412. The van der Waals surface area contributed by atoms with Crippen molar-refractivity contribution < 1.29 is 19.1 Å². The van der Waals surface area contributed by atoms with E-state index in [1.54, 1.807) is 11.8 Å². The highest BCUT2D eigenvalue weighted by Crippen LogP contribution is 2.37. The number of esters is 1. The fourth-order valence-electron chi connectivity index (χ4n) is 2.31. The molecule has 0 aromatic carbocycles. The highest BCUT2D eigenvalue weighted by atomic mass is 32.2. The molecular formula is C14H24N2O4S. The smallest absolute Gasteiger partial charge is 0.328 e. The molecule has 1 heterocycles. The summed E-state index contributed by atoms with van der Waals surface area (Å²) in [5.74, 6) is -0.00513. The van der Waals surface area contributed by atoms with Gasteiger partial charge in [-0.3, -0.25) is 9.59 Å². The van der Waals surface area contributed by atoms with Crippen molar-refractivity contribution in [1.82, 2.24) is 10.2 Å². The van der Waals surface area contributed by atoms with Crippen molar-refractivity contribution >= 4 is 30.0 Å². The molecule has 1 unspecified atom stereocenters. The van der Waals surface area contributed by atoms with Crippen LogP contribution in [0.1, 0.15) is 34.1 Å². The van der Waals surface area contributed by atoms with Gasteiger partial charge in [0.1, 0.15) is 12.1 Å². The number of amides is 2. The van der Waals surface area contributed by atoms with Crippen molar-refractivity contribution in [2.24, 2.45) is 5.92 Å².